The molecule has 1 nitrogen and oxygen atoms in total. The first-order chi connectivity index (χ1) is 8.27. The molecule has 0 N–H and O–H groups in total. The van der Waals surface area contributed by atoms with E-state index in [2.05, 4.69) is 73.3 Å². The molecule has 3 aromatic rings. The predicted octanol–water partition coefficient (Wildman–Crippen LogP) is 4.15. The number of hydrogen-bond donors (Lipinski definition) is 0. The second kappa shape index (κ2) is 3.77. The van der Waals surface area contributed by atoms with Crippen LogP contribution in [0, 0.1) is 6.92 Å². The molecule has 0 aliphatic rings. The molecule has 0 bridgehead atoms. The van der Waals surface area contributed by atoms with Crippen molar-refractivity contribution >= 4 is 10.9 Å². The molecule has 1 heterocycles. The molecule has 0 aliphatic carbocycles. The monoisotopic (exact) mass is 221 g/mol. The van der Waals surface area contributed by atoms with E-state index in [0.29, 0.717) is 0 Å². The van der Waals surface area contributed by atoms with E-state index in [4.69, 9.17) is 0 Å². The third kappa shape index (κ3) is 1.55. The zero-order valence-electron chi connectivity index (χ0n) is 10.1. The van der Waals surface area contributed by atoms with Crippen molar-refractivity contribution in [1.29, 1.82) is 0 Å². The van der Waals surface area contributed by atoms with Gasteiger partial charge in [-0.05, 0) is 24.1 Å². The molecule has 1 aromatic heterocycles. The molecule has 0 amide bonds. The van der Waals surface area contributed by atoms with E-state index in [-0.39, 0.29) is 0 Å². The highest BCUT2D eigenvalue weighted by molar-refractivity contribution is 5.96. The quantitative estimate of drug-likeness (QED) is 0.581. The fourth-order valence-electron chi connectivity index (χ4n) is 2.43. The van der Waals surface area contributed by atoms with Crippen LogP contribution in [0.2, 0.25) is 0 Å². The second-order valence-corrected chi connectivity index (χ2v) is 4.49. The maximum atomic E-state index is 2.22. The Labute approximate surface area is 101 Å². The minimum absolute atomic E-state index is 1.28. The summed E-state index contributed by atoms with van der Waals surface area (Å²) in [6, 6.07) is 17.1. The van der Waals surface area contributed by atoms with E-state index in [1.807, 2.05) is 0 Å². The smallest absolute Gasteiger partial charge is 0.0484 e. The molecule has 2 aromatic carbocycles. The lowest BCUT2D eigenvalue weighted by Gasteiger charge is -2.03. The van der Waals surface area contributed by atoms with Crippen molar-refractivity contribution in [2.45, 2.75) is 6.92 Å². The van der Waals surface area contributed by atoms with Gasteiger partial charge in [-0.1, -0.05) is 42.5 Å². The normalized spacial score (nSPS) is 10.9. The molecule has 0 saturated heterocycles. The SMILES string of the molecule is Cc1ccccc1-c1cn(C)c2ccccc12. The summed E-state index contributed by atoms with van der Waals surface area (Å²) in [5.41, 5.74) is 5.25. The summed E-state index contributed by atoms with van der Waals surface area (Å²) >= 11 is 0. The molecule has 0 fully saturated rings. The summed E-state index contributed by atoms with van der Waals surface area (Å²) < 4.78 is 2.19. The minimum Gasteiger partial charge on any atom is -0.350 e. The molecule has 0 radical (unpaired) electrons. The fraction of sp³-hybridized carbons (Fsp3) is 0.125. The van der Waals surface area contributed by atoms with E-state index < -0.39 is 0 Å². The number of fused-ring (bicyclic) bond motifs is 1. The Hall–Kier alpha value is -2.02. The largest absolute Gasteiger partial charge is 0.350 e. The van der Waals surface area contributed by atoms with Gasteiger partial charge in [-0.25, -0.2) is 0 Å². The van der Waals surface area contributed by atoms with Gasteiger partial charge in [0.15, 0.2) is 0 Å². The molecular weight excluding hydrogens is 206 g/mol. The van der Waals surface area contributed by atoms with Crippen molar-refractivity contribution in [2.24, 2.45) is 7.05 Å². The van der Waals surface area contributed by atoms with E-state index in [9.17, 15) is 0 Å². The molecule has 0 unspecified atom stereocenters. The Morgan fingerprint density at radius 2 is 1.53 bits per heavy atom. The van der Waals surface area contributed by atoms with Crippen LogP contribution in [-0.4, -0.2) is 4.57 Å². The van der Waals surface area contributed by atoms with Gasteiger partial charge in [0.25, 0.3) is 0 Å². The fourth-order valence-corrected chi connectivity index (χ4v) is 2.43. The molecule has 3 rings (SSSR count). The standard InChI is InChI=1S/C16H15N/c1-12-7-3-4-8-13(12)15-11-17(2)16-10-6-5-9-14(15)16/h3-11H,1-2H3. The van der Waals surface area contributed by atoms with Crippen LogP contribution in [0.15, 0.2) is 54.7 Å². The molecular formula is C16H15N. The number of hydrogen-bond acceptors (Lipinski definition) is 0. The van der Waals surface area contributed by atoms with Crippen LogP contribution >= 0.6 is 0 Å². The van der Waals surface area contributed by atoms with Crippen LogP contribution in [0.4, 0.5) is 0 Å². The van der Waals surface area contributed by atoms with Gasteiger partial charge in [0.05, 0.1) is 0 Å². The van der Waals surface area contributed by atoms with Gasteiger partial charge in [0.2, 0.25) is 0 Å². The van der Waals surface area contributed by atoms with Gasteiger partial charge in [-0.15, -0.1) is 0 Å². The Bertz CT molecular complexity index is 677. The highest BCUT2D eigenvalue weighted by Gasteiger charge is 2.08. The third-order valence-corrected chi connectivity index (χ3v) is 3.33. The maximum absolute atomic E-state index is 2.22. The van der Waals surface area contributed by atoms with Crippen LogP contribution < -0.4 is 0 Å². The number of aryl methyl sites for hydroxylation is 2. The van der Waals surface area contributed by atoms with Crippen molar-refractivity contribution in [3.8, 4) is 11.1 Å². The summed E-state index contributed by atoms with van der Waals surface area (Å²) in [6.07, 6.45) is 2.22. The first-order valence-corrected chi connectivity index (χ1v) is 5.87. The number of rotatable bonds is 1. The van der Waals surface area contributed by atoms with Crippen LogP contribution in [0.5, 0.6) is 0 Å². The van der Waals surface area contributed by atoms with Gasteiger partial charge in [0, 0.05) is 29.7 Å². The molecule has 0 atom stereocenters. The van der Waals surface area contributed by atoms with E-state index in [0.717, 1.165) is 0 Å². The van der Waals surface area contributed by atoms with Crippen LogP contribution in [0.3, 0.4) is 0 Å². The lowest BCUT2D eigenvalue weighted by atomic mass is 10.0. The molecule has 0 spiro atoms. The number of nitrogens with zero attached hydrogens (tertiary/aromatic N) is 1. The van der Waals surface area contributed by atoms with Crippen molar-refractivity contribution in [2.75, 3.05) is 0 Å². The molecule has 0 saturated carbocycles. The van der Waals surface area contributed by atoms with Gasteiger partial charge in [0.1, 0.15) is 0 Å². The van der Waals surface area contributed by atoms with Crippen LogP contribution in [0.1, 0.15) is 5.56 Å². The topological polar surface area (TPSA) is 4.93 Å². The summed E-state index contributed by atoms with van der Waals surface area (Å²) in [5.74, 6) is 0. The molecule has 84 valence electrons. The number of benzene rings is 2. The first kappa shape index (κ1) is 10.2. The van der Waals surface area contributed by atoms with Crippen molar-refractivity contribution in [1.82, 2.24) is 4.57 Å². The third-order valence-electron chi connectivity index (χ3n) is 3.33. The van der Waals surface area contributed by atoms with E-state index >= 15 is 0 Å². The van der Waals surface area contributed by atoms with E-state index in [1.165, 1.54) is 27.6 Å². The zero-order chi connectivity index (χ0) is 11.8. The molecule has 17 heavy (non-hydrogen) atoms. The predicted molar refractivity (Wildman–Crippen MR) is 73.1 cm³/mol. The number of para-hydroxylation sites is 1. The minimum atomic E-state index is 1.28. The average molecular weight is 221 g/mol. The maximum Gasteiger partial charge on any atom is 0.0484 e. The first-order valence-electron chi connectivity index (χ1n) is 5.87. The van der Waals surface area contributed by atoms with Gasteiger partial charge in [-0.2, -0.15) is 0 Å². The Balaban J connectivity index is 2.35. The van der Waals surface area contributed by atoms with Crippen molar-refractivity contribution in [3.63, 3.8) is 0 Å². The van der Waals surface area contributed by atoms with Gasteiger partial charge in [-0.3, -0.25) is 0 Å². The second-order valence-electron chi connectivity index (χ2n) is 4.49. The highest BCUT2D eigenvalue weighted by Crippen LogP contribution is 2.31. The van der Waals surface area contributed by atoms with Crippen molar-refractivity contribution < 1.29 is 0 Å². The lowest BCUT2D eigenvalue weighted by molar-refractivity contribution is 0.970. The van der Waals surface area contributed by atoms with Gasteiger partial charge < -0.3 is 4.57 Å². The van der Waals surface area contributed by atoms with Crippen molar-refractivity contribution in [3.05, 3.63) is 60.3 Å². The average Bonchev–Trinajstić information content (AvgIpc) is 2.68. The lowest BCUT2D eigenvalue weighted by Crippen LogP contribution is -1.82. The number of aromatic nitrogens is 1. The zero-order valence-corrected chi connectivity index (χ0v) is 10.1. The van der Waals surface area contributed by atoms with Crippen LogP contribution in [-0.2, 0) is 7.05 Å². The van der Waals surface area contributed by atoms with E-state index in [1.54, 1.807) is 0 Å². The summed E-state index contributed by atoms with van der Waals surface area (Å²) in [7, 11) is 2.10. The molecule has 0 aliphatic heterocycles. The van der Waals surface area contributed by atoms with Crippen LogP contribution in [0.25, 0.3) is 22.0 Å². The molecule has 1 heteroatoms. The summed E-state index contributed by atoms with van der Waals surface area (Å²) in [6.45, 7) is 2.16. The summed E-state index contributed by atoms with van der Waals surface area (Å²) in [4.78, 5) is 0. The Morgan fingerprint density at radius 3 is 2.35 bits per heavy atom. The summed E-state index contributed by atoms with van der Waals surface area (Å²) in [5, 5.41) is 1.32. The Morgan fingerprint density at radius 1 is 0.824 bits per heavy atom. The highest BCUT2D eigenvalue weighted by atomic mass is 14.9. The Kier molecular flexibility index (Phi) is 2.25. The van der Waals surface area contributed by atoms with Gasteiger partial charge >= 0.3 is 0 Å².